The number of carbonyl (C=O) groups is 1. The molecule has 0 fully saturated rings. The van der Waals surface area contributed by atoms with Gasteiger partial charge < -0.3 is 23.7 Å². The van der Waals surface area contributed by atoms with E-state index in [4.69, 9.17) is 23.7 Å². The molecule has 0 amide bonds. The van der Waals surface area contributed by atoms with Crippen LogP contribution in [0.4, 0.5) is 0 Å². The number of para-hydroxylation sites is 2. The molecule has 2 aliphatic heterocycles. The van der Waals surface area contributed by atoms with E-state index in [0.29, 0.717) is 48.2 Å². The summed E-state index contributed by atoms with van der Waals surface area (Å²) in [6, 6.07) is 15.3. The first-order chi connectivity index (χ1) is 17.0. The van der Waals surface area contributed by atoms with Crippen LogP contribution in [0, 0.1) is 6.92 Å². The molecule has 7 nitrogen and oxygen atoms in total. The summed E-state index contributed by atoms with van der Waals surface area (Å²) in [7, 11) is 4.82. The van der Waals surface area contributed by atoms with Gasteiger partial charge in [-0.15, -0.1) is 0 Å². The van der Waals surface area contributed by atoms with Crippen LogP contribution in [0.2, 0.25) is 0 Å². The van der Waals surface area contributed by atoms with Crippen LogP contribution in [0.3, 0.4) is 0 Å². The molecule has 0 aromatic heterocycles. The molecule has 7 heteroatoms. The fourth-order valence-electron chi connectivity index (χ4n) is 4.64. The van der Waals surface area contributed by atoms with Crippen LogP contribution in [0.25, 0.3) is 6.08 Å². The Kier molecular flexibility index (Phi) is 6.09. The fourth-order valence-corrected chi connectivity index (χ4v) is 4.64. The minimum absolute atomic E-state index is 0.169. The molecule has 3 aromatic rings. The Morgan fingerprint density at radius 1 is 0.971 bits per heavy atom. The van der Waals surface area contributed by atoms with Crippen LogP contribution < -0.4 is 23.7 Å². The van der Waals surface area contributed by atoms with Gasteiger partial charge in [0.2, 0.25) is 5.78 Å². The second-order valence-electron chi connectivity index (χ2n) is 8.46. The second-order valence-corrected chi connectivity index (χ2v) is 8.46. The quantitative estimate of drug-likeness (QED) is 0.467. The number of nitrogens with zero attached hydrogens (tertiary/aromatic N) is 1. The normalized spacial score (nSPS) is 15.8. The number of methoxy groups -OCH3 is 3. The van der Waals surface area contributed by atoms with Gasteiger partial charge in [-0.2, -0.15) is 0 Å². The van der Waals surface area contributed by atoms with E-state index in [2.05, 4.69) is 4.90 Å². The van der Waals surface area contributed by atoms with Gasteiger partial charge in [0, 0.05) is 35.3 Å². The van der Waals surface area contributed by atoms with Crippen molar-refractivity contribution < 1.29 is 28.5 Å². The number of ketones is 1. The number of hydrogen-bond donors (Lipinski definition) is 0. The van der Waals surface area contributed by atoms with E-state index < -0.39 is 0 Å². The average Bonchev–Trinajstić information content (AvgIpc) is 3.19. The van der Waals surface area contributed by atoms with E-state index in [9.17, 15) is 4.79 Å². The Labute approximate surface area is 204 Å². The molecule has 0 bridgehead atoms. The molecular formula is C28H27NO6. The molecule has 35 heavy (non-hydrogen) atoms. The number of rotatable bonds is 6. The number of fused-ring (bicyclic) bond motifs is 2. The van der Waals surface area contributed by atoms with E-state index >= 15 is 0 Å². The molecule has 2 heterocycles. The summed E-state index contributed by atoms with van der Waals surface area (Å²) in [6.07, 6.45) is 1.69. The van der Waals surface area contributed by atoms with Crippen LogP contribution in [0.15, 0.2) is 54.3 Å². The molecule has 0 radical (unpaired) electrons. The molecule has 0 spiro atoms. The number of hydrogen-bond acceptors (Lipinski definition) is 7. The number of benzene rings is 3. The van der Waals surface area contributed by atoms with Gasteiger partial charge in [-0.1, -0.05) is 30.3 Å². The van der Waals surface area contributed by atoms with Gasteiger partial charge in [0.15, 0.2) is 17.3 Å². The van der Waals surface area contributed by atoms with E-state index in [1.165, 1.54) is 0 Å². The maximum absolute atomic E-state index is 13.3. The van der Waals surface area contributed by atoms with E-state index in [0.717, 1.165) is 28.2 Å². The molecule has 180 valence electrons. The number of allylic oxidation sites excluding steroid dienone is 1. The van der Waals surface area contributed by atoms with Crippen LogP contribution in [0.5, 0.6) is 28.7 Å². The minimum Gasteiger partial charge on any atom is -0.496 e. The maximum Gasteiger partial charge on any atom is 0.231 e. The Morgan fingerprint density at radius 3 is 2.51 bits per heavy atom. The molecule has 0 saturated carbocycles. The smallest absolute Gasteiger partial charge is 0.231 e. The van der Waals surface area contributed by atoms with Gasteiger partial charge in [0.1, 0.15) is 24.0 Å². The molecule has 0 N–H and O–H groups in total. The number of carbonyl (C=O) groups excluding carboxylic acids is 1. The van der Waals surface area contributed by atoms with Crippen LogP contribution in [-0.4, -0.2) is 38.7 Å². The lowest BCUT2D eigenvalue weighted by Crippen LogP contribution is -2.32. The molecule has 5 rings (SSSR count). The maximum atomic E-state index is 13.3. The fraction of sp³-hybridized carbons (Fsp3) is 0.250. The first-order valence-electron chi connectivity index (χ1n) is 11.3. The van der Waals surface area contributed by atoms with Crippen molar-refractivity contribution in [2.45, 2.75) is 20.0 Å². The highest BCUT2D eigenvalue weighted by Crippen LogP contribution is 2.44. The molecular weight excluding hydrogens is 446 g/mol. The summed E-state index contributed by atoms with van der Waals surface area (Å²) in [5, 5.41) is 0. The van der Waals surface area contributed by atoms with Crippen LogP contribution >= 0.6 is 0 Å². The SMILES string of the molecule is COc1ccccc1CN1COc2c(cc3c(c2C)O/C(=C\c2cccc(OC)c2OC)C3=O)C1. The number of ether oxygens (including phenoxy) is 5. The van der Waals surface area contributed by atoms with Crippen molar-refractivity contribution in [2.75, 3.05) is 28.1 Å². The highest BCUT2D eigenvalue weighted by molar-refractivity contribution is 6.15. The first kappa shape index (κ1) is 22.8. The van der Waals surface area contributed by atoms with Gasteiger partial charge in [0.25, 0.3) is 0 Å². The lowest BCUT2D eigenvalue weighted by molar-refractivity contribution is 0.0869. The van der Waals surface area contributed by atoms with Crippen molar-refractivity contribution in [3.8, 4) is 28.7 Å². The van der Waals surface area contributed by atoms with Gasteiger partial charge in [0.05, 0.1) is 26.9 Å². The highest BCUT2D eigenvalue weighted by atomic mass is 16.5. The monoisotopic (exact) mass is 473 g/mol. The zero-order valence-corrected chi connectivity index (χ0v) is 20.2. The molecule has 0 saturated heterocycles. The molecule has 3 aromatic carbocycles. The predicted molar refractivity (Wildman–Crippen MR) is 131 cm³/mol. The van der Waals surface area contributed by atoms with Crippen molar-refractivity contribution >= 4 is 11.9 Å². The first-order valence-corrected chi connectivity index (χ1v) is 11.3. The minimum atomic E-state index is -0.169. The molecule has 0 unspecified atom stereocenters. The van der Waals surface area contributed by atoms with Crippen LogP contribution in [0.1, 0.15) is 32.6 Å². The third-order valence-corrected chi connectivity index (χ3v) is 6.31. The summed E-state index contributed by atoms with van der Waals surface area (Å²) >= 11 is 0. The average molecular weight is 474 g/mol. The topological polar surface area (TPSA) is 66.5 Å². The Morgan fingerprint density at radius 2 is 1.74 bits per heavy atom. The lowest BCUT2D eigenvalue weighted by atomic mass is 9.99. The van der Waals surface area contributed by atoms with Gasteiger partial charge >= 0.3 is 0 Å². The Balaban J connectivity index is 1.44. The van der Waals surface area contributed by atoms with Gasteiger partial charge in [-0.25, -0.2) is 0 Å². The molecule has 0 atom stereocenters. The Bertz CT molecular complexity index is 1330. The summed E-state index contributed by atoms with van der Waals surface area (Å²) < 4.78 is 28.5. The van der Waals surface area contributed by atoms with Crippen molar-refractivity contribution in [2.24, 2.45) is 0 Å². The zero-order chi connectivity index (χ0) is 24.5. The third-order valence-electron chi connectivity index (χ3n) is 6.31. The molecule has 2 aliphatic rings. The Hall–Kier alpha value is -3.97. The number of Topliss-reactive ketones (excluding diaryl/α,β-unsaturated/α-hetero) is 1. The van der Waals surface area contributed by atoms with E-state index in [1.807, 2.05) is 49.4 Å². The molecule has 0 aliphatic carbocycles. The van der Waals surface area contributed by atoms with Gasteiger partial charge in [-0.05, 0) is 31.2 Å². The van der Waals surface area contributed by atoms with Gasteiger partial charge in [-0.3, -0.25) is 9.69 Å². The highest BCUT2D eigenvalue weighted by Gasteiger charge is 2.34. The van der Waals surface area contributed by atoms with Crippen molar-refractivity contribution in [3.63, 3.8) is 0 Å². The van der Waals surface area contributed by atoms with Crippen LogP contribution in [-0.2, 0) is 13.1 Å². The summed E-state index contributed by atoms with van der Waals surface area (Å²) in [5.74, 6) is 3.35. The van der Waals surface area contributed by atoms with Crippen molar-refractivity contribution in [1.29, 1.82) is 0 Å². The van der Waals surface area contributed by atoms with E-state index in [1.54, 1.807) is 33.5 Å². The summed E-state index contributed by atoms with van der Waals surface area (Å²) in [6.45, 7) is 3.68. The second kappa shape index (κ2) is 9.35. The van der Waals surface area contributed by atoms with Crippen molar-refractivity contribution in [3.05, 3.63) is 82.1 Å². The summed E-state index contributed by atoms with van der Waals surface area (Å²) in [5.41, 5.74) is 4.10. The summed E-state index contributed by atoms with van der Waals surface area (Å²) in [4.78, 5) is 15.5. The standard InChI is InChI=1S/C28H27NO6/c1-17-26-20(15-29(16-34-26)14-19-8-5-6-10-22(19)31-2)12-21-25(30)24(35-27(17)21)13-18-9-7-11-23(32-3)28(18)33-4/h5-13H,14-16H2,1-4H3/b24-13-. The zero-order valence-electron chi connectivity index (χ0n) is 20.2. The predicted octanol–water partition coefficient (Wildman–Crippen LogP) is 4.99. The van der Waals surface area contributed by atoms with E-state index in [-0.39, 0.29) is 11.5 Å². The third kappa shape index (κ3) is 4.08. The largest absolute Gasteiger partial charge is 0.496 e. The lowest BCUT2D eigenvalue weighted by Gasteiger charge is -2.30. The van der Waals surface area contributed by atoms with Crippen molar-refractivity contribution in [1.82, 2.24) is 4.90 Å².